The maximum atomic E-state index is 12.9. The summed E-state index contributed by atoms with van der Waals surface area (Å²) < 4.78 is 22.5. The van der Waals surface area contributed by atoms with Crippen LogP contribution in [0.2, 0.25) is 0 Å². The third-order valence-corrected chi connectivity index (χ3v) is 6.27. The number of carbonyl (C=O) groups excluding carboxylic acids is 2. The van der Waals surface area contributed by atoms with Crippen LogP contribution in [0, 0.1) is 0 Å². The lowest BCUT2D eigenvalue weighted by Crippen LogP contribution is -2.16. The van der Waals surface area contributed by atoms with E-state index in [1.807, 2.05) is 48.5 Å². The summed E-state index contributed by atoms with van der Waals surface area (Å²) in [5, 5.41) is 2.45. The molecule has 0 saturated heterocycles. The zero-order valence-electron chi connectivity index (χ0n) is 21.1. The molecule has 0 spiro atoms. The first kappa shape index (κ1) is 24.8. The molecule has 0 radical (unpaired) electrons. The summed E-state index contributed by atoms with van der Waals surface area (Å²) >= 11 is 0. The number of para-hydroxylation sites is 2. The summed E-state index contributed by atoms with van der Waals surface area (Å²) in [6, 6.07) is 28.7. The van der Waals surface area contributed by atoms with Crippen molar-refractivity contribution in [3.05, 3.63) is 108 Å². The number of ether oxygens (including phenoxy) is 4. The highest BCUT2D eigenvalue weighted by molar-refractivity contribution is 6.12. The zero-order chi connectivity index (χ0) is 26.5. The van der Waals surface area contributed by atoms with Crippen molar-refractivity contribution in [1.29, 1.82) is 0 Å². The van der Waals surface area contributed by atoms with Gasteiger partial charge in [-0.3, -0.25) is 0 Å². The molecule has 6 nitrogen and oxygen atoms in total. The van der Waals surface area contributed by atoms with Crippen LogP contribution in [0.4, 0.5) is 9.59 Å². The minimum atomic E-state index is -0.863. The molecule has 5 aromatic rings. The van der Waals surface area contributed by atoms with Gasteiger partial charge in [0.25, 0.3) is 0 Å². The average molecular weight is 507 g/mol. The Morgan fingerprint density at radius 3 is 1.24 bits per heavy atom. The molecule has 0 aliphatic carbocycles. The maximum absolute atomic E-state index is 12.9. The lowest BCUT2D eigenvalue weighted by atomic mass is 9.94. The monoisotopic (exact) mass is 506 g/mol. The summed E-state index contributed by atoms with van der Waals surface area (Å²) in [6.07, 6.45) is -0.159. The molecule has 0 aliphatic rings. The Morgan fingerprint density at radius 2 is 0.868 bits per heavy atom. The van der Waals surface area contributed by atoms with E-state index in [1.165, 1.54) is 0 Å². The molecule has 0 unspecified atom stereocenters. The van der Waals surface area contributed by atoms with E-state index in [0.717, 1.165) is 24.0 Å². The lowest BCUT2D eigenvalue weighted by Gasteiger charge is -2.18. The molecule has 5 aromatic carbocycles. The van der Waals surface area contributed by atoms with Crippen molar-refractivity contribution in [1.82, 2.24) is 0 Å². The van der Waals surface area contributed by atoms with E-state index in [4.69, 9.17) is 18.9 Å². The first-order chi connectivity index (χ1) is 18.6. The van der Waals surface area contributed by atoms with Crippen molar-refractivity contribution in [3.63, 3.8) is 0 Å². The van der Waals surface area contributed by atoms with Crippen molar-refractivity contribution < 1.29 is 28.5 Å². The van der Waals surface area contributed by atoms with Gasteiger partial charge in [0.05, 0.1) is 0 Å². The summed E-state index contributed by atoms with van der Waals surface area (Å²) in [5.74, 6) is 1.41. The molecular formula is C32H26O6. The Bertz CT molecular complexity index is 1490. The Labute approximate surface area is 220 Å². The largest absolute Gasteiger partial charge is 0.519 e. The lowest BCUT2D eigenvalue weighted by molar-refractivity contribution is 0.151. The highest BCUT2D eigenvalue weighted by Crippen LogP contribution is 2.44. The van der Waals surface area contributed by atoms with Gasteiger partial charge in [-0.05, 0) is 60.4 Å². The second kappa shape index (κ2) is 11.0. The van der Waals surface area contributed by atoms with Crippen molar-refractivity contribution >= 4 is 33.9 Å². The Kier molecular flexibility index (Phi) is 7.22. The summed E-state index contributed by atoms with van der Waals surface area (Å²) in [4.78, 5) is 25.7. The van der Waals surface area contributed by atoms with Crippen LogP contribution in [0.15, 0.2) is 97.1 Å². The molecule has 0 heterocycles. The van der Waals surface area contributed by atoms with Crippen molar-refractivity contribution in [2.24, 2.45) is 0 Å². The Hall–Kier alpha value is -4.84. The van der Waals surface area contributed by atoms with Gasteiger partial charge in [0.15, 0.2) is 0 Å². The van der Waals surface area contributed by atoms with Crippen LogP contribution in [0.1, 0.15) is 25.0 Å². The molecule has 0 saturated carbocycles. The zero-order valence-corrected chi connectivity index (χ0v) is 21.1. The molecular weight excluding hydrogens is 480 g/mol. The Morgan fingerprint density at radius 1 is 0.500 bits per heavy atom. The predicted octanol–water partition coefficient (Wildman–Crippen LogP) is 8.27. The molecule has 0 atom stereocenters. The highest BCUT2D eigenvalue weighted by atomic mass is 16.7. The molecule has 5 rings (SSSR count). The fourth-order valence-electron chi connectivity index (χ4n) is 4.49. The Balaban J connectivity index is 1.64. The van der Waals surface area contributed by atoms with Gasteiger partial charge in [-0.1, -0.05) is 74.5 Å². The van der Waals surface area contributed by atoms with E-state index < -0.39 is 12.3 Å². The number of rotatable bonds is 6. The molecule has 38 heavy (non-hydrogen) atoms. The maximum Gasteiger partial charge on any atom is 0.519 e. The molecule has 0 N–H and O–H groups in total. The van der Waals surface area contributed by atoms with E-state index in [-0.39, 0.29) is 0 Å². The third kappa shape index (κ3) is 5.15. The number of fused-ring (bicyclic) bond motifs is 2. The number of hydrogen-bond acceptors (Lipinski definition) is 6. The molecule has 0 fully saturated rings. The quantitative estimate of drug-likeness (QED) is 0.131. The predicted molar refractivity (Wildman–Crippen MR) is 146 cm³/mol. The molecule has 0 bridgehead atoms. The van der Waals surface area contributed by atoms with Gasteiger partial charge in [-0.2, -0.15) is 0 Å². The molecule has 0 amide bonds. The van der Waals surface area contributed by atoms with Crippen LogP contribution >= 0.6 is 0 Å². The fraction of sp³-hybridized carbons (Fsp3) is 0.125. The van der Waals surface area contributed by atoms with Crippen LogP contribution in [-0.4, -0.2) is 12.3 Å². The van der Waals surface area contributed by atoms with Crippen molar-refractivity contribution in [3.8, 4) is 23.0 Å². The van der Waals surface area contributed by atoms with E-state index in [2.05, 4.69) is 13.8 Å². The minimum absolute atomic E-state index is 0.331. The van der Waals surface area contributed by atoms with E-state index in [1.54, 1.807) is 48.5 Å². The van der Waals surface area contributed by atoms with Gasteiger partial charge in [-0.15, -0.1) is 0 Å². The second-order valence-electron chi connectivity index (χ2n) is 8.61. The van der Waals surface area contributed by atoms with E-state index in [0.29, 0.717) is 44.5 Å². The highest BCUT2D eigenvalue weighted by Gasteiger charge is 2.23. The first-order valence-electron chi connectivity index (χ1n) is 12.5. The molecule has 0 aromatic heterocycles. The number of aryl methyl sites for hydroxylation is 2. The molecule has 6 heteroatoms. The van der Waals surface area contributed by atoms with Gasteiger partial charge >= 0.3 is 12.3 Å². The van der Waals surface area contributed by atoms with Crippen molar-refractivity contribution in [2.45, 2.75) is 26.7 Å². The fourth-order valence-corrected chi connectivity index (χ4v) is 4.49. The van der Waals surface area contributed by atoms with Crippen molar-refractivity contribution in [2.75, 3.05) is 0 Å². The van der Waals surface area contributed by atoms with Crippen LogP contribution < -0.4 is 18.9 Å². The summed E-state index contributed by atoms with van der Waals surface area (Å²) in [5.41, 5.74) is 2.21. The number of carbonyl (C=O) groups is 2. The van der Waals surface area contributed by atoms with Crippen LogP contribution in [0.25, 0.3) is 21.5 Å². The van der Waals surface area contributed by atoms with Crippen LogP contribution in [-0.2, 0) is 12.8 Å². The van der Waals surface area contributed by atoms with Gasteiger partial charge in [0.2, 0.25) is 0 Å². The van der Waals surface area contributed by atoms with E-state index in [9.17, 15) is 9.59 Å². The van der Waals surface area contributed by atoms with Gasteiger partial charge < -0.3 is 18.9 Å². The molecule has 190 valence electrons. The van der Waals surface area contributed by atoms with E-state index >= 15 is 0 Å². The summed E-state index contributed by atoms with van der Waals surface area (Å²) in [6.45, 7) is 4.14. The molecule has 0 aliphatic heterocycles. The summed E-state index contributed by atoms with van der Waals surface area (Å²) in [7, 11) is 0. The van der Waals surface area contributed by atoms with Gasteiger partial charge in [-0.25, -0.2) is 9.59 Å². The second-order valence-corrected chi connectivity index (χ2v) is 8.61. The van der Waals surface area contributed by atoms with Crippen LogP contribution in [0.3, 0.4) is 0 Å². The van der Waals surface area contributed by atoms with Crippen LogP contribution in [0.5, 0.6) is 23.0 Å². The van der Waals surface area contributed by atoms with Gasteiger partial charge in [0, 0.05) is 21.5 Å². The number of benzene rings is 5. The number of hydrogen-bond donors (Lipinski definition) is 0. The minimum Gasteiger partial charge on any atom is -0.395 e. The van der Waals surface area contributed by atoms with Gasteiger partial charge in [0.1, 0.15) is 23.0 Å². The average Bonchev–Trinajstić information content (AvgIpc) is 2.95. The standard InChI is InChI=1S/C32H26O6/c1-3-21-19-27-28(20-22(21)4-2)30(38-32(34)36-24-15-9-6-10-16-24)26-18-12-11-17-25(26)29(27)37-31(33)35-23-13-7-5-8-14-23/h5-20H,3-4H2,1-2H3. The first-order valence-corrected chi connectivity index (χ1v) is 12.5. The SMILES string of the molecule is CCc1cc2c(OC(=O)Oc3ccccc3)c3ccccc3c(OC(=O)Oc3ccccc3)c2cc1CC. The topological polar surface area (TPSA) is 71.1 Å². The smallest absolute Gasteiger partial charge is 0.395 e. The third-order valence-electron chi connectivity index (χ3n) is 6.27. The normalized spacial score (nSPS) is 10.8.